The second-order valence-corrected chi connectivity index (χ2v) is 7.37. The molecule has 0 spiro atoms. The maximum Gasteiger partial charge on any atom is 0.349 e. The van der Waals surface area contributed by atoms with Crippen molar-refractivity contribution in [2.45, 2.75) is 0 Å². The van der Waals surface area contributed by atoms with E-state index in [2.05, 4.69) is 10.0 Å². The predicted molar refractivity (Wildman–Crippen MR) is 98.7 cm³/mol. The van der Waals surface area contributed by atoms with Gasteiger partial charge in [-0.25, -0.2) is 13.2 Å². The highest BCUT2D eigenvalue weighted by atomic mass is 32.2. The highest BCUT2D eigenvalue weighted by Gasteiger charge is 2.15. The third kappa shape index (κ3) is 4.28. The van der Waals surface area contributed by atoms with Crippen LogP contribution < -0.4 is 15.7 Å². The molecule has 0 saturated heterocycles. The number of nitrogens with one attached hydrogen (secondary N) is 2. The van der Waals surface area contributed by atoms with Crippen LogP contribution in [0.2, 0.25) is 0 Å². The summed E-state index contributed by atoms with van der Waals surface area (Å²) in [6.07, 6.45) is 0. The Hall–Kier alpha value is -3.13. The van der Waals surface area contributed by atoms with E-state index in [1.165, 1.54) is 6.07 Å². The van der Waals surface area contributed by atoms with Crippen LogP contribution in [-0.2, 0) is 10.0 Å². The number of sulfonamides is 1. The van der Waals surface area contributed by atoms with Gasteiger partial charge in [0.05, 0.1) is 5.75 Å². The second kappa shape index (κ2) is 7.40. The van der Waals surface area contributed by atoms with Gasteiger partial charge in [0.25, 0.3) is 5.91 Å². The Morgan fingerprint density at radius 2 is 1.69 bits per heavy atom. The summed E-state index contributed by atoms with van der Waals surface area (Å²) in [6, 6.07) is 16.7. The number of rotatable bonds is 6. The Balaban J connectivity index is 1.64. The first kappa shape index (κ1) is 17.7. The van der Waals surface area contributed by atoms with Crippen molar-refractivity contribution in [3.63, 3.8) is 0 Å². The number of hydrogen-bond donors (Lipinski definition) is 2. The van der Waals surface area contributed by atoms with Crippen LogP contribution in [0.5, 0.6) is 0 Å². The largest absolute Gasteiger partial charge is 0.422 e. The van der Waals surface area contributed by atoms with E-state index < -0.39 is 21.6 Å². The molecule has 8 heteroatoms. The van der Waals surface area contributed by atoms with Crippen LogP contribution in [-0.4, -0.2) is 26.6 Å². The van der Waals surface area contributed by atoms with Gasteiger partial charge < -0.3 is 9.73 Å². The van der Waals surface area contributed by atoms with E-state index in [9.17, 15) is 18.0 Å². The lowest BCUT2D eigenvalue weighted by molar-refractivity contribution is 0.0952. The summed E-state index contributed by atoms with van der Waals surface area (Å²) in [5.74, 6) is -1.01. The van der Waals surface area contributed by atoms with Gasteiger partial charge in [-0.3, -0.25) is 9.52 Å². The molecule has 0 aliphatic carbocycles. The van der Waals surface area contributed by atoms with Crippen molar-refractivity contribution >= 4 is 32.6 Å². The first-order valence-corrected chi connectivity index (χ1v) is 9.46. The minimum atomic E-state index is -3.62. The Kier molecular flexibility index (Phi) is 5.04. The van der Waals surface area contributed by atoms with Crippen molar-refractivity contribution in [1.82, 2.24) is 5.32 Å². The topological polar surface area (TPSA) is 105 Å². The van der Waals surface area contributed by atoms with Crippen molar-refractivity contribution in [3.8, 4) is 0 Å². The molecule has 26 heavy (non-hydrogen) atoms. The summed E-state index contributed by atoms with van der Waals surface area (Å²) in [5, 5.41) is 3.04. The van der Waals surface area contributed by atoms with Crippen LogP contribution in [0, 0.1) is 0 Å². The highest BCUT2D eigenvalue weighted by Crippen LogP contribution is 2.12. The van der Waals surface area contributed by atoms with E-state index in [-0.39, 0.29) is 17.9 Å². The molecule has 2 N–H and O–H groups in total. The van der Waals surface area contributed by atoms with Crippen molar-refractivity contribution in [2.24, 2.45) is 0 Å². The SMILES string of the molecule is O=C(NCCS(=O)(=O)Nc1ccccc1)c1cc2ccccc2oc1=O. The summed E-state index contributed by atoms with van der Waals surface area (Å²) >= 11 is 0. The molecule has 0 bridgehead atoms. The fourth-order valence-electron chi connectivity index (χ4n) is 2.35. The first-order valence-electron chi connectivity index (χ1n) is 7.81. The smallest absolute Gasteiger partial charge is 0.349 e. The fourth-order valence-corrected chi connectivity index (χ4v) is 3.32. The first-order chi connectivity index (χ1) is 12.4. The zero-order valence-electron chi connectivity index (χ0n) is 13.6. The number of hydrogen-bond acceptors (Lipinski definition) is 5. The second-order valence-electron chi connectivity index (χ2n) is 5.53. The Morgan fingerprint density at radius 3 is 2.46 bits per heavy atom. The maximum atomic E-state index is 12.2. The number of benzene rings is 2. The van der Waals surface area contributed by atoms with Gasteiger partial charge in [-0.05, 0) is 24.3 Å². The molecule has 134 valence electrons. The molecule has 2 aromatic carbocycles. The predicted octanol–water partition coefficient (Wildman–Crippen LogP) is 1.96. The number of fused-ring (bicyclic) bond motifs is 1. The molecule has 3 aromatic rings. The lowest BCUT2D eigenvalue weighted by Gasteiger charge is -2.09. The summed E-state index contributed by atoms with van der Waals surface area (Å²) in [6.45, 7) is -0.146. The average molecular weight is 372 g/mol. The van der Waals surface area contributed by atoms with Gasteiger partial charge in [0, 0.05) is 17.6 Å². The number of carbonyl (C=O) groups is 1. The fraction of sp³-hybridized carbons (Fsp3) is 0.111. The summed E-state index contributed by atoms with van der Waals surface area (Å²) in [5.41, 5.74) is -0.124. The van der Waals surface area contributed by atoms with Crippen molar-refractivity contribution in [2.75, 3.05) is 17.0 Å². The third-order valence-electron chi connectivity index (χ3n) is 3.59. The van der Waals surface area contributed by atoms with Gasteiger partial charge in [-0.2, -0.15) is 0 Å². The lowest BCUT2D eigenvalue weighted by Crippen LogP contribution is -2.33. The number of carbonyl (C=O) groups excluding carboxylic acids is 1. The molecular weight excluding hydrogens is 356 g/mol. The monoisotopic (exact) mass is 372 g/mol. The zero-order valence-corrected chi connectivity index (χ0v) is 14.5. The van der Waals surface area contributed by atoms with Gasteiger partial charge in [0.1, 0.15) is 11.1 Å². The van der Waals surface area contributed by atoms with Gasteiger partial charge >= 0.3 is 5.63 Å². The van der Waals surface area contributed by atoms with Gasteiger partial charge in [-0.15, -0.1) is 0 Å². The summed E-state index contributed by atoms with van der Waals surface area (Å²) in [7, 11) is -3.62. The molecular formula is C18H16N2O5S. The standard InChI is InChI=1S/C18H16N2O5S/c21-17(15-12-13-6-4-5-9-16(13)25-18(15)22)19-10-11-26(23,24)20-14-7-2-1-3-8-14/h1-9,12,20H,10-11H2,(H,19,21). The normalized spacial score (nSPS) is 11.2. The quantitative estimate of drug-likeness (QED) is 0.644. The minimum Gasteiger partial charge on any atom is -0.422 e. The molecule has 0 radical (unpaired) electrons. The third-order valence-corrected chi connectivity index (χ3v) is 4.88. The number of para-hydroxylation sites is 2. The van der Waals surface area contributed by atoms with E-state index >= 15 is 0 Å². The summed E-state index contributed by atoms with van der Waals surface area (Å²) in [4.78, 5) is 24.1. The molecule has 7 nitrogen and oxygen atoms in total. The minimum absolute atomic E-state index is 0.146. The molecule has 1 amide bonds. The van der Waals surface area contributed by atoms with E-state index in [1.807, 2.05) is 0 Å². The van der Waals surface area contributed by atoms with Crippen molar-refractivity contribution in [3.05, 3.63) is 76.6 Å². The Bertz CT molecular complexity index is 1090. The number of anilines is 1. The zero-order chi connectivity index (χ0) is 18.6. The lowest BCUT2D eigenvalue weighted by atomic mass is 10.2. The van der Waals surface area contributed by atoms with E-state index in [0.717, 1.165) is 0 Å². The van der Waals surface area contributed by atoms with Crippen molar-refractivity contribution < 1.29 is 17.6 Å². The van der Waals surface area contributed by atoms with Gasteiger partial charge in [0.2, 0.25) is 10.0 Å². The van der Waals surface area contributed by atoms with E-state index in [1.54, 1.807) is 54.6 Å². The molecule has 0 unspecified atom stereocenters. The molecule has 1 aromatic heterocycles. The van der Waals surface area contributed by atoms with E-state index in [4.69, 9.17) is 4.42 Å². The molecule has 1 heterocycles. The Morgan fingerprint density at radius 1 is 1.00 bits per heavy atom. The molecule has 3 rings (SSSR count). The van der Waals surface area contributed by atoms with Crippen LogP contribution in [0.4, 0.5) is 5.69 Å². The maximum absolute atomic E-state index is 12.2. The van der Waals surface area contributed by atoms with Crippen molar-refractivity contribution in [1.29, 1.82) is 0 Å². The van der Waals surface area contributed by atoms with Crippen LogP contribution >= 0.6 is 0 Å². The highest BCUT2D eigenvalue weighted by molar-refractivity contribution is 7.92. The van der Waals surface area contributed by atoms with Gasteiger partial charge in [0.15, 0.2) is 0 Å². The molecule has 0 atom stereocenters. The van der Waals surface area contributed by atoms with Crippen LogP contribution in [0.15, 0.2) is 69.9 Å². The molecule has 0 saturated carbocycles. The molecule has 0 aliphatic rings. The van der Waals surface area contributed by atoms with E-state index in [0.29, 0.717) is 16.7 Å². The molecule has 0 fully saturated rings. The van der Waals surface area contributed by atoms with Crippen LogP contribution in [0.25, 0.3) is 11.0 Å². The summed E-state index contributed by atoms with van der Waals surface area (Å²) < 4.78 is 31.5. The van der Waals surface area contributed by atoms with Crippen LogP contribution in [0.1, 0.15) is 10.4 Å². The number of amides is 1. The molecule has 0 aliphatic heterocycles. The average Bonchev–Trinajstić information content (AvgIpc) is 2.61. The Labute approximate surface area is 149 Å². The van der Waals surface area contributed by atoms with Crippen LogP contribution in [0.3, 0.4) is 0 Å². The van der Waals surface area contributed by atoms with Gasteiger partial charge in [-0.1, -0.05) is 36.4 Å².